The molecule has 0 aromatic rings. The Bertz CT molecular complexity index is 573. The van der Waals surface area contributed by atoms with Gasteiger partial charge in [-0.15, -0.1) is 0 Å². The normalized spacial score (nSPS) is 46.1. The highest BCUT2D eigenvalue weighted by Crippen LogP contribution is 2.38. The molecule has 6 nitrogen and oxygen atoms in total. The molecule has 0 aromatic carbocycles. The van der Waals surface area contributed by atoms with Crippen molar-refractivity contribution in [1.29, 1.82) is 0 Å². The van der Waals surface area contributed by atoms with Gasteiger partial charge in [0.1, 0.15) is 6.17 Å². The molecule has 4 rings (SSSR count). The largest absolute Gasteiger partial charge is 0.390 e. The maximum atomic E-state index is 14.4. The van der Waals surface area contributed by atoms with Crippen LogP contribution in [0.15, 0.2) is 0 Å². The van der Waals surface area contributed by atoms with Crippen LogP contribution in [-0.2, 0) is 4.79 Å². The number of β-amino-alcohol motifs (C(OH)–C–C–N with tert-alkyl or cyclic N) is 1. The Morgan fingerprint density at radius 3 is 2.66 bits per heavy atom. The van der Waals surface area contributed by atoms with Gasteiger partial charge in [-0.2, -0.15) is 0 Å². The number of aliphatic hydroxyl groups is 1. The standard InChI is InChI=1S/C22H39FN4O2/c1-13-7-8-17(23)16-10-18(25-21(13)16)22(29)24-14-5-4-6-15(9-14)27-11-19(26(2)3)20(28)12-27/h13-21,25,28H,4-12H2,1-3H3,(H,24,29)/t13?,14?,15?,16?,17?,18?,19-,20-,21?/m0/s1. The first-order valence-electron chi connectivity index (χ1n) is 11.6. The highest BCUT2D eigenvalue weighted by molar-refractivity contribution is 5.82. The number of fused-ring (bicyclic) bond motifs is 1. The van der Waals surface area contributed by atoms with Gasteiger partial charge < -0.3 is 20.6 Å². The van der Waals surface area contributed by atoms with E-state index >= 15 is 0 Å². The van der Waals surface area contributed by atoms with Crippen LogP contribution in [0.5, 0.6) is 0 Å². The van der Waals surface area contributed by atoms with Gasteiger partial charge in [0.25, 0.3) is 0 Å². The van der Waals surface area contributed by atoms with Crippen LogP contribution in [0.1, 0.15) is 51.9 Å². The van der Waals surface area contributed by atoms with Crippen LogP contribution < -0.4 is 10.6 Å². The molecule has 2 aliphatic carbocycles. The molecule has 2 saturated carbocycles. The zero-order valence-electron chi connectivity index (χ0n) is 18.2. The summed E-state index contributed by atoms with van der Waals surface area (Å²) in [5.41, 5.74) is 0. The fourth-order valence-electron chi connectivity index (χ4n) is 6.33. The fourth-order valence-corrected chi connectivity index (χ4v) is 6.33. The van der Waals surface area contributed by atoms with Crippen LogP contribution in [0.4, 0.5) is 4.39 Å². The van der Waals surface area contributed by atoms with Crippen molar-refractivity contribution < 1.29 is 14.3 Å². The van der Waals surface area contributed by atoms with Gasteiger partial charge in [0, 0.05) is 43.2 Å². The number of nitrogens with zero attached hydrogens (tertiary/aromatic N) is 2. The summed E-state index contributed by atoms with van der Waals surface area (Å²) >= 11 is 0. The van der Waals surface area contributed by atoms with Crippen LogP contribution >= 0.6 is 0 Å². The number of alkyl halides is 1. The number of rotatable bonds is 4. The number of aliphatic hydroxyl groups excluding tert-OH is 1. The molecule has 3 N–H and O–H groups in total. The highest BCUT2D eigenvalue weighted by atomic mass is 19.1. The number of nitrogens with one attached hydrogen (secondary N) is 2. The van der Waals surface area contributed by atoms with E-state index in [9.17, 15) is 14.3 Å². The molecule has 4 fully saturated rings. The Balaban J connectivity index is 1.30. The number of hydrogen-bond donors (Lipinski definition) is 3. The molecule has 29 heavy (non-hydrogen) atoms. The number of likely N-dealkylation sites (N-methyl/N-ethyl adjacent to an activating group) is 1. The lowest BCUT2D eigenvalue weighted by Gasteiger charge is -2.36. The van der Waals surface area contributed by atoms with Crippen molar-refractivity contribution in [3.63, 3.8) is 0 Å². The Morgan fingerprint density at radius 2 is 1.97 bits per heavy atom. The second-order valence-electron chi connectivity index (χ2n) is 10.3. The molecule has 7 heteroatoms. The molecule has 0 spiro atoms. The smallest absolute Gasteiger partial charge is 0.237 e. The zero-order valence-corrected chi connectivity index (χ0v) is 18.2. The van der Waals surface area contributed by atoms with Gasteiger partial charge in [0.05, 0.1) is 12.1 Å². The van der Waals surface area contributed by atoms with Crippen LogP contribution in [0, 0.1) is 11.8 Å². The van der Waals surface area contributed by atoms with E-state index in [-0.39, 0.29) is 42.1 Å². The zero-order chi connectivity index (χ0) is 20.7. The molecule has 7 unspecified atom stereocenters. The number of halogens is 1. The average Bonchev–Trinajstić information content (AvgIpc) is 3.30. The number of amides is 1. The van der Waals surface area contributed by atoms with Crippen LogP contribution in [0.3, 0.4) is 0 Å². The maximum Gasteiger partial charge on any atom is 0.237 e. The van der Waals surface area contributed by atoms with E-state index in [1.807, 2.05) is 14.1 Å². The summed E-state index contributed by atoms with van der Waals surface area (Å²) in [6.07, 6.45) is 5.28. The van der Waals surface area contributed by atoms with E-state index in [2.05, 4.69) is 27.4 Å². The summed E-state index contributed by atoms with van der Waals surface area (Å²) in [4.78, 5) is 17.5. The van der Waals surface area contributed by atoms with Gasteiger partial charge in [0.2, 0.25) is 5.91 Å². The van der Waals surface area contributed by atoms with Gasteiger partial charge >= 0.3 is 0 Å². The number of carbonyl (C=O) groups excluding carboxylic acids is 1. The summed E-state index contributed by atoms with van der Waals surface area (Å²) in [6, 6.07) is 0.674. The summed E-state index contributed by atoms with van der Waals surface area (Å²) in [5, 5.41) is 17.1. The molecule has 2 aliphatic heterocycles. The first-order valence-corrected chi connectivity index (χ1v) is 11.6. The van der Waals surface area contributed by atoms with Gasteiger partial charge in [-0.25, -0.2) is 4.39 Å². The summed E-state index contributed by atoms with van der Waals surface area (Å²) in [7, 11) is 4.05. The van der Waals surface area contributed by atoms with Crippen molar-refractivity contribution in [3.05, 3.63) is 0 Å². The Labute approximate surface area is 174 Å². The topological polar surface area (TPSA) is 67.8 Å². The first kappa shape index (κ1) is 21.5. The van der Waals surface area contributed by atoms with E-state index in [1.54, 1.807) is 0 Å². The van der Waals surface area contributed by atoms with Crippen molar-refractivity contribution in [1.82, 2.24) is 20.4 Å². The van der Waals surface area contributed by atoms with Crippen molar-refractivity contribution in [3.8, 4) is 0 Å². The second-order valence-corrected chi connectivity index (χ2v) is 10.3. The fraction of sp³-hybridized carbons (Fsp3) is 0.955. The molecule has 4 aliphatic rings. The molecular formula is C22H39FN4O2. The van der Waals surface area contributed by atoms with E-state index in [4.69, 9.17) is 0 Å². The third-order valence-electron chi connectivity index (χ3n) is 8.11. The molecule has 2 heterocycles. The molecule has 1 amide bonds. The van der Waals surface area contributed by atoms with Crippen LogP contribution in [0.2, 0.25) is 0 Å². The molecule has 166 valence electrons. The van der Waals surface area contributed by atoms with E-state index in [0.717, 1.165) is 45.2 Å². The van der Waals surface area contributed by atoms with E-state index < -0.39 is 6.17 Å². The lowest BCUT2D eigenvalue weighted by atomic mass is 9.77. The van der Waals surface area contributed by atoms with E-state index in [0.29, 0.717) is 24.8 Å². The molecule has 0 bridgehead atoms. The molecule has 9 atom stereocenters. The first-order chi connectivity index (χ1) is 13.8. The summed E-state index contributed by atoms with van der Waals surface area (Å²) in [5.74, 6) is 0.481. The highest BCUT2D eigenvalue weighted by Gasteiger charge is 2.46. The third kappa shape index (κ3) is 4.48. The number of likely N-dealkylation sites (tertiary alicyclic amines) is 1. The maximum absolute atomic E-state index is 14.4. The monoisotopic (exact) mass is 410 g/mol. The van der Waals surface area contributed by atoms with Crippen molar-refractivity contribution >= 4 is 5.91 Å². The second kappa shape index (κ2) is 8.77. The number of hydrogen-bond acceptors (Lipinski definition) is 5. The van der Waals surface area contributed by atoms with E-state index in [1.165, 1.54) is 0 Å². The van der Waals surface area contributed by atoms with Gasteiger partial charge in [-0.3, -0.25) is 9.69 Å². The van der Waals surface area contributed by atoms with Crippen LogP contribution in [-0.4, -0.2) is 90.5 Å². The molecule has 0 aromatic heterocycles. The summed E-state index contributed by atoms with van der Waals surface area (Å²) < 4.78 is 14.4. The lowest BCUT2D eigenvalue weighted by molar-refractivity contribution is -0.124. The Hall–Kier alpha value is -0.760. The minimum absolute atomic E-state index is 0.0114. The lowest BCUT2D eigenvalue weighted by Crippen LogP contribution is -2.51. The Morgan fingerprint density at radius 1 is 1.17 bits per heavy atom. The Kier molecular flexibility index (Phi) is 6.49. The SMILES string of the molecule is CC1CCC(F)C2CC(C(=O)NC3CCCC(N4C[C@H](O)[C@@H](N(C)C)C4)C3)NC12. The van der Waals surface area contributed by atoms with Gasteiger partial charge in [-0.1, -0.05) is 6.92 Å². The van der Waals surface area contributed by atoms with Crippen LogP contribution in [0.25, 0.3) is 0 Å². The van der Waals surface area contributed by atoms with Crippen molar-refractivity contribution in [2.45, 2.75) is 94.4 Å². The third-order valence-corrected chi connectivity index (χ3v) is 8.11. The van der Waals surface area contributed by atoms with Crippen molar-refractivity contribution in [2.24, 2.45) is 11.8 Å². The molecule has 2 saturated heterocycles. The minimum Gasteiger partial charge on any atom is -0.390 e. The predicted octanol–water partition coefficient (Wildman–Crippen LogP) is 1.14. The minimum atomic E-state index is -0.771. The van der Waals surface area contributed by atoms with Gasteiger partial charge in [-0.05, 0) is 65.0 Å². The summed E-state index contributed by atoms with van der Waals surface area (Å²) in [6.45, 7) is 3.79. The molecular weight excluding hydrogens is 371 g/mol. The quantitative estimate of drug-likeness (QED) is 0.649. The van der Waals surface area contributed by atoms with Crippen molar-refractivity contribution in [2.75, 3.05) is 27.2 Å². The molecule has 0 radical (unpaired) electrons. The predicted molar refractivity (Wildman–Crippen MR) is 111 cm³/mol. The number of carbonyl (C=O) groups is 1. The van der Waals surface area contributed by atoms with Gasteiger partial charge in [0.15, 0.2) is 0 Å². The average molecular weight is 411 g/mol.